The summed E-state index contributed by atoms with van der Waals surface area (Å²) in [4.78, 5) is 27.1. The number of alkyl halides is 6. The van der Waals surface area contributed by atoms with Crippen LogP contribution in [0.1, 0.15) is 85.0 Å². The van der Waals surface area contributed by atoms with Gasteiger partial charge < -0.3 is 9.64 Å². The third kappa shape index (κ3) is 6.52. The van der Waals surface area contributed by atoms with Crippen LogP contribution in [0.25, 0.3) is 10.4 Å². The minimum absolute atomic E-state index is 0.0117. The zero-order valence-electron chi connectivity index (χ0n) is 24.8. The van der Waals surface area contributed by atoms with E-state index < -0.39 is 41.7 Å². The van der Waals surface area contributed by atoms with E-state index in [-0.39, 0.29) is 24.2 Å². The second-order valence-electron chi connectivity index (χ2n) is 11.4. The molecule has 1 saturated heterocycles. The first kappa shape index (κ1) is 32.1. The van der Waals surface area contributed by atoms with Gasteiger partial charge in [-0.1, -0.05) is 19.3 Å². The lowest BCUT2D eigenvalue weighted by Crippen LogP contribution is -2.39. The lowest BCUT2D eigenvalue weighted by molar-refractivity contribution is -0.143. The molecule has 1 amide bonds. The molecular formula is C31H34F6N4O2S. The van der Waals surface area contributed by atoms with Crippen molar-refractivity contribution in [2.75, 3.05) is 11.4 Å². The molecule has 6 nitrogen and oxygen atoms in total. The van der Waals surface area contributed by atoms with Crippen LogP contribution >= 0.6 is 11.3 Å². The highest BCUT2D eigenvalue weighted by Gasteiger charge is 2.43. The van der Waals surface area contributed by atoms with E-state index in [0.29, 0.717) is 30.1 Å². The molecule has 1 saturated carbocycles. The first-order valence-electron chi connectivity index (χ1n) is 14.6. The minimum Gasteiger partial charge on any atom is -0.439 e. The molecule has 3 aromatic rings. The number of benzene rings is 1. The summed E-state index contributed by atoms with van der Waals surface area (Å²) in [6.45, 7) is 8.11. The van der Waals surface area contributed by atoms with Crippen molar-refractivity contribution in [2.45, 2.75) is 96.9 Å². The summed E-state index contributed by atoms with van der Waals surface area (Å²) in [6, 6.07) is 2.67. The second-order valence-corrected chi connectivity index (χ2v) is 12.6. The maximum Gasteiger partial charge on any atom is 0.416 e. The number of aryl methyl sites for hydroxylation is 2. The summed E-state index contributed by atoms with van der Waals surface area (Å²) < 4.78 is 86.9. The summed E-state index contributed by atoms with van der Waals surface area (Å²) in [5, 5.41) is 0.888. The summed E-state index contributed by atoms with van der Waals surface area (Å²) in [5.41, 5.74) is -0.905. The largest absolute Gasteiger partial charge is 0.439 e. The predicted octanol–water partition coefficient (Wildman–Crippen LogP) is 9.10. The highest BCUT2D eigenvalue weighted by Crippen LogP contribution is 2.42. The normalized spacial score (nSPS) is 19.9. The Hall–Kier alpha value is -3.35. The molecule has 0 N–H and O–H groups in total. The molecule has 0 spiro atoms. The maximum atomic E-state index is 13.6. The molecule has 1 aliphatic heterocycles. The average molecular weight is 641 g/mol. The lowest BCUT2D eigenvalue weighted by atomic mass is 9.93. The molecule has 0 bridgehead atoms. The van der Waals surface area contributed by atoms with Crippen LogP contribution in [0.2, 0.25) is 0 Å². The van der Waals surface area contributed by atoms with Gasteiger partial charge in [-0.15, -0.1) is 11.3 Å². The quantitative estimate of drug-likeness (QED) is 0.241. The van der Waals surface area contributed by atoms with E-state index in [0.717, 1.165) is 46.8 Å². The third-order valence-corrected chi connectivity index (χ3v) is 9.53. The Morgan fingerprint density at radius 1 is 1.00 bits per heavy atom. The van der Waals surface area contributed by atoms with Gasteiger partial charge in [-0.25, -0.2) is 14.8 Å². The molecule has 3 heterocycles. The number of halogens is 6. The first-order valence-corrected chi connectivity index (χ1v) is 15.5. The molecular weight excluding hydrogens is 606 g/mol. The van der Waals surface area contributed by atoms with Crippen molar-refractivity contribution in [3.8, 4) is 10.4 Å². The topological polar surface area (TPSA) is 58.6 Å². The fraction of sp³-hybridized carbons (Fsp3) is 0.516. The number of cyclic esters (lactones) is 1. The second kappa shape index (κ2) is 12.2. The number of aromatic nitrogens is 2. The smallest absolute Gasteiger partial charge is 0.416 e. The zero-order valence-corrected chi connectivity index (χ0v) is 25.7. The van der Waals surface area contributed by atoms with Gasteiger partial charge in [0, 0.05) is 29.9 Å². The maximum absolute atomic E-state index is 13.6. The molecule has 1 aromatic carbocycles. The van der Waals surface area contributed by atoms with Gasteiger partial charge in [-0.05, 0) is 70.4 Å². The Labute approximate surface area is 256 Å². The molecule has 44 heavy (non-hydrogen) atoms. The van der Waals surface area contributed by atoms with Crippen molar-refractivity contribution in [2.24, 2.45) is 0 Å². The monoisotopic (exact) mass is 640 g/mol. The van der Waals surface area contributed by atoms with Crippen LogP contribution in [0.3, 0.4) is 0 Å². The van der Waals surface area contributed by atoms with Crippen LogP contribution in [-0.4, -0.2) is 39.6 Å². The molecule has 0 radical (unpaired) electrons. The van der Waals surface area contributed by atoms with Gasteiger partial charge in [0.25, 0.3) is 0 Å². The Morgan fingerprint density at radius 3 is 2.18 bits per heavy atom. The minimum atomic E-state index is -5.02. The number of carbonyl (C=O) groups excluding carboxylic acids is 1. The number of thiazole rings is 1. The molecule has 2 atom stereocenters. The van der Waals surface area contributed by atoms with E-state index in [1.165, 1.54) is 22.7 Å². The molecule has 13 heteroatoms. The van der Waals surface area contributed by atoms with E-state index in [1.807, 2.05) is 26.8 Å². The number of carbonyl (C=O) groups is 1. The highest BCUT2D eigenvalue weighted by molar-refractivity contribution is 7.15. The fourth-order valence-corrected chi connectivity index (χ4v) is 7.16. The van der Waals surface area contributed by atoms with E-state index in [2.05, 4.69) is 9.88 Å². The van der Waals surface area contributed by atoms with Crippen LogP contribution in [0.15, 0.2) is 30.5 Å². The predicted molar refractivity (Wildman–Crippen MR) is 155 cm³/mol. The molecule has 2 fully saturated rings. The van der Waals surface area contributed by atoms with Crippen molar-refractivity contribution >= 4 is 23.2 Å². The summed E-state index contributed by atoms with van der Waals surface area (Å²) in [6.07, 6.45) is -5.02. The van der Waals surface area contributed by atoms with Gasteiger partial charge in [0.15, 0.2) is 0 Å². The Morgan fingerprint density at radius 2 is 1.64 bits per heavy atom. The van der Waals surface area contributed by atoms with Crippen molar-refractivity contribution in [1.29, 1.82) is 0 Å². The number of hydrogen-bond acceptors (Lipinski definition) is 6. The molecule has 2 aliphatic rings. The number of ether oxygens (including phenoxy) is 1. The lowest BCUT2D eigenvalue weighted by Gasteiger charge is -2.36. The summed E-state index contributed by atoms with van der Waals surface area (Å²) in [5.74, 6) is 0.698. The SMILES string of the molecule is CCN(c1ncc(-c2sc(C)nc2C)cc1CN1C(=O)O[C@H](c2cc(C(F)(F)F)cc(C(F)(F)F)c2)[C@@H]1C)C1CCCCC1. The standard InChI is InChI=1S/C31H34F6N4O2S/c1-5-40(25-9-7-6-8-10-25)28-22(11-21(15-38-28)27-17(2)39-19(4)44-27)16-41-18(3)26(43-29(41)42)20-12-23(30(32,33)34)14-24(13-20)31(35,36)37/h11-15,18,25-26H,5-10,16H2,1-4H3/t18-,26-/m0/s1. The van der Waals surface area contributed by atoms with Gasteiger partial charge in [0.05, 0.1) is 39.3 Å². The average Bonchev–Trinajstić information content (AvgIpc) is 3.45. The van der Waals surface area contributed by atoms with Gasteiger partial charge in [-0.3, -0.25) is 4.90 Å². The van der Waals surface area contributed by atoms with Crippen LogP contribution < -0.4 is 4.90 Å². The van der Waals surface area contributed by atoms with E-state index in [4.69, 9.17) is 9.72 Å². The first-order chi connectivity index (χ1) is 20.7. The van der Waals surface area contributed by atoms with Gasteiger partial charge in [-0.2, -0.15) is 26.3 Å². The van der Waals surface area contributed by atoms with Crippen LogP contribution in [-0.2, 0) is 23.6 Å². The van der Waals surface area contributed by atoms with Gasteiger partial charge in [0.1, 0.15) is 11.9 Å². The van der Waals surface area contributed by atoms with Gasteiger partial charge in [0.2, 0.25) is 0 Å². The number of hydrogen-bond donors (Lipinski definition) is 0. The van der Waals surface area contributed by atoms with Gasteiger partial charge >= 0.3 is 18.4 Å². The fourth-order valence-electron chi connectivity index (χ4n) is 6.26. The van der Waals surface area contributed by atoms with Crippen molar-refractivity contribution < 1.29 is 35.9 Å². The number of rotatable bonds is 7. The van der Waals surface area contributed by atoms with Crippen molar-refractivity contribution in [3.63, 3.8) is 0 Å². The number of pyridine rings is 1. The zero-order chi connectivity index (χ0) is 32.0. The molecule has 1 aliphatic carbocycles. The number of amides is 1. The van der Waals surface area contributed by atoms with E-state index >= 15 is 0 Å². The summed E-state index contributed by atoms with van der Waals surface area (Å²) in [7, 11) is 0. The molecule has 2 aromatic heterocycles. The van der Waals surface area contributed by atoms with Crippen molar-refractivity contribution in [3.05, 3.63) is 63.4 Å². The number of nitrogens with zero attached hydrogens (tertiary/aromatic N) is 4. The highest BCUT2D eigenvalue weighted by atomic mass is 32.1. The van der Waals surface area contributed by atoms with Crippen molar-refractivity contribution in [1.82, 2.24) is 14.9 Å². The molecule has 238 valence electrons. The summed E-state index contributed by atoms with van der Waals surface area (Å²) >= 11 is 1.52. The van der Waals surface area contributed by atoms with Crippen LogP contribution in [0.5, 0.6) is 0 Å². The van der Waals surface area contributed by atoms with E-state index in [9.17, 15) is 31.1 Å². The molecule has 5 rings (SSSR count). The van der Waals surface area contributed by atoms with Crippen LogP contribution in [0.4, 0.5) is 37.0 Å². The number of anilines is 1. The molecule has 0 unspecified atom stereocenters. The third-order valence-electron chi connectivity index (χ3n) is 8.41. The van der Waals surface area contributed by atoms with E-state index in [1.54, 1.807) is 13.1 Å². The Balaban J connectivity index is 1.53. The Kier molecular flexibility index (Phi) is 8.90. The van der Waals surface area contributed by atoms with Crippen LogP contribution in [0, 0.1) is 13.8 Å². The Bertz CT molecular complexity index is 1480.